The Morgan fingerprint density at radius 2 is 1.21 bits per heavy atom. The quantitative estimate of drug-likeness (QED) is 0.0372. The molecule has 1 fully saturated rings. The van der Waals surface area contributed by atoms with Crippen molar-refractivity contribution in [3.8, 4) is 0 Å². The van der Waals surface area contributed by atoms with Gasteiger partial charge >= 0.3 is 5.97 Å². The Balaban J connectivity index is 0. The zero-order valence-electron chi connectivity index (χ0n) is 39.6. The highest BCUT2D eigenvalue weighted by molar-refractivity contribution is 5.78. The van der Waals surface area contributed by atoms with Crippen LogP contribution in [-0.4, -0.2) is 72.5 Å². The maximum absolute atomic E-state index is 12.4. The standard InChI is InChI=1S/C26H50O4.C22H41NO3.C2H6/c1-3-5-7-9-12-16-20-25(21-17-13-10-8-6-4-2)30-26(28)22-18-14-11-15-19-23-29-24-27;1-17(18(2)11-13-24)9-10-22(26)15-21-14-19(3)23(16-21)12-7-5-6-8-20(4)25;1-2/h24-25H,3-23H2,1-2H3;17-19,21,24H,5-16H2,1-4H3;1-2H3. The molecule has 0 spiro atoms. The fourth-order valence-electron chi connectivity index (χ4n) is 7.97. The van der Waals surface area contributed by atoms with Crippen molar-refractivity contribution in [3.63, 3.8) is 0 Å². The van der Waals surface area contributed by atoms with Gasteiger partial charge in [0, 0.05) is 44.9 Å². The smallest absolute Gasteiger partial charge is 0.306 e. The molecular formula is C50H97NO7. The van der Waals surface area contributed by atoms with Crippen LogP contribution in [0.2, 0.25) is 0 Å². The molecule has 0 aliphatic carbocycles. The number of carbonyl (C=O) groups is 4. The number of hydrogen-bond acceptors (Lipinski definition) is 8. The van der Waals surface area contributed by atoms with E-state index >= 15 is 0 Å². The number of rotatable bonds is 38. The number of ketones is 2. The maximum Gasteiger partial charge on any atom is 0.306 e. The summed E-state index contributed by atoms with van der Waals surface area (Å²) < 4.78 is 10.6. The molecule has 1 rings (SSSR count). The number of esters is 1. The number of aliphatic hydroxyl groups is 1. The lowest BCUT2D eigenvalue weighted by Gasteiger charge is -2.20. The van der Waals surface area contributed by atoms with Gasteiger partial charge in [-0.05, 0) is 109 Å². The highest BCUT2D eigenvalue weighted by Crippen LogP contribution is 2.28. The van der Waals surface area contributed by atoms with E-state index in [0.717, 1.165) is 103 Å². The molecule has 1 N–H and O–H groups in total. The lowest BCUT2D eigenvalue weighted by atomic mass is 9.87. The van der Waals surface area contributed by atoms with Gasteiger partial charge in [0.15, 0.2) is 0 Å². The molecule has 1 saturated heterocycles. The maximum atomic E-state index is 12.4. The zero-order chi connectivity index (χ0) is 43.7. The summed E-state index contributed by atoms with van der Waals surface area (Å²) in [7, 11) is 0. The molecule has 1 aliphatic heterocycles. The molecular weight excluding hydrogens is 727 g/mol. The number of unbranched alkanes of at least 4 members (excludes halogenated alkanes) is 16. The lowest BCUT2D eigenvalue weighted by molar-refractivity contribution is -0.150. The van der Waals surface area contributed by atoms with Crippen molar-refractivity contribution >= 4 is 24.0 Å². The van der Waals surface area contributed by atoms with Crippen molar-refractivity contribution in [1.29, 1.82) is 0 Å². The van der Waals surface area contributed by atoms with E-state index in [1.165, 1.54) is 77.0 Å². The van der Waals surface area contributed by atoms with Crippen LogP contribution in [0.15, 0.2) is 0 Å². The average Bonchev–Trinajstić information content (AvgIpc) is 3.55. The Morgan fingerprint density at radius 3 is 1.78 bits per heavy atom. The number of hydrogen-bond donors (Lipinski definition) is 1. The third-order valence-electron chi connectivity index (χ3n) is 12.0. The molecule has 8 nitrogen and oxygen atoms in total. The second kappa shape index (κ2) is 43.3. The van der Waals surface area contributed by atoms with Gasteiger partial charge in [-0.2, -0.15) is 0 Å². The third-order valence-corrected chi connectivity index (χ3v) is 12.0. The average molecular weight is 824 g/mol. The van der Waals surface area contributed by atoms with Crippen LogP contribution in [0.3, 0.4) is 0 Å². The first-order valence-electron chi connectivity index (χ1n) is 24.7. The van der Waals surface area contributed by atoms with Crippen LogP contribution in [0.1, 0.15) is 242 Å². The van der Waals surface area contributed by atoms with E-state index in [1.807, 2.05) is 13.8 Å². The van der Waals surface area contributed by atoms with Crippen molar-refractivity contribution < 1.29 is 33.8 Å². The summed E-state index contributed by atoms with van der Waals surface area (Å²) >= 11 is 0. The van der Waals surface area contributed by atoms with E-state index in [-0.39, 0.29) is 24.5 Å². The van der Waals surface area contributed by atoms with Crippen LogP contribution in [0.4, 0.5) is 0 Å². The van der Waals surface area contributed by atoms with E-state index in [4.69, 9.17) is 9.84 Å². The Kier molecular flexibility index (Phi) is 43.5. The summed E-state index contributed by atoms with van der Waals surface area (Å²) in [5.74, 6) is 2.19. The number of likely N-dealkylation sites (tertiary alicyclic amines) is 1. The zero-order valence-corrected chi connectivity index (χ0v) is 39.6. The monoisotopic (exact) mass is 824 g/mol. The second-order valence-corrected chi connectivity index (χ2v) is 17.4. The molecule has 344 valence electrons. The minimum Gasteiger partial charge on any atom is -0.468 e. The highest BCUT2D eigenvalue weighted by atomic mass is 16.5. The minimum atomic E-state index is -0.0127. The number of aliphatic hydroxyl groups excluding tert-OH is 1. The number of ether oxygens (including phenoxy) is 2. The Labute approximate surface area is 359 Å². The first kappa shape index (κ1) is 58.3. The Hall–Kier alpha value is -1.80. The minimum absolute atomic E-state index is 0.0127. The summed E-state index contributed by atoms with van der Waals surface area (Å²) in [6.07, 6.45) is 31.4. The van der Waals surface area contributed by atoms with Crippen molar-refractivity contribution in [3.05, 3.63) is 0 Å². The van der Waals surface area contributed by atoms with Gasteiger partial charge in [0.25, 0.3) is 6.47 Å². The van der Waals surface area contributed by atoms with Crippen LogP contribution >= 0.6 is 0 Å². The van der Waals surface area contributed by atoms with Crippen molar-refractivity contribution in [2.45, 2.75) is 254 Å². The number of carbonyl (C=O) groups excluding carboxylic acids is 4. The summed E-state index contributed by atoms with van der Waals surface area (Å²) in [5, 5.41) is 9.03. The predicted octanol–water partition coefficient (Wildman–Crippen LogP) is 13.2. The predicted molar refractivity (Wildman–Crippen MR) is 244 cm³/mol. The molecule has 1 heterocycles. The van der Waals surface area contributed by atoms with Crippen molar-refractivity contribution in [2.24, 2.45) is 17.8 Å². The topological polar surface area (TPSA) is 110 Å². The van der Waals surface area contributed by atoms with E-state index in [2.05, 4.69) is 44.3 Å². The van der Waals surface area contributed by atoms with Gasteiger partial charge in [0.05, 0.1) is 6.61 Å². The van der Waals surface area contributed by atoms with Crippen molar-refractivity contribution in [1.82, 2.24) is 4.90 Å². The van der Waals surface area contributed by atoms with E-state index in [1.54, 1.807) is 6.92 Å². The molecule has 0 amide bonds. The fourth-order valence-corrected chi connectivity index (χ4v) is 7.97. The van der Waals surface area contributed by atoms with Gasteiger partial charge in [-0.15, -0.1) is 0 Å². The molecule has 58 heavy (non-hydrogen) atoms. The molecule has 1 aliphatic rings. The molecule has 0 aromatic heterocycles. The SMILES string of the molecule is CC.CC(=O)CCCCCN1CC(CC(=O)CCC(C)C(C)CCO)CC1C.CCCCCCCCC(CCCCCCCC)OC(=O)CCCCCCCOC=O. The van der Waals surface area contributed by atoms with Gasteiger partial charge < -0.3 is 24.3 Å². The van der Waals surface area contributed by atoms with Gasteiger partial charge in [-0.25, -0.2) is 0 Å². The van der Waals surface area contributed by atoms with Crippen LogP contribution in [-0.2, 0) is 28.7 Å². The first-order valence-corrected chi connectivity index (χ1v) is 24.7. The summed E-state index contributed by atoms with van der Waals surface area (Å²) in [5.41, 5.74) is 0. The molecule has 0 bridgehead atoms. The summed E-state index contributed by atoms with van der Waals surface area (Å²) in [6.45, 7) is 20.2. The molecule has 0 aromatic rings. The molecule has 8 heteroatoms. The first-order chi connectivity index (χ1) is 28.1. The van der Waals surface area contributed by atoms with Crippen LogP contribution in [0.5, 0.6) is 0 Å². The third kappa shape index (κ3) is 37.2. The molecule has 4 atom stereocenters. The molecule has 0 saturated carbocycles. The molecule has 0 radical (unpaired) electrons. The highest BCUT2D eigenvalue weighted by Gasteiger charge is 2.30. The summed E-state index contributed by atoms with van der Waals surface area (Å²) in [4.78, 5) is 48.2. The van der Waals surface area contributed by atoms with Crippen LogP contribution < -0.4 is 0 Å². The van der Waals surface area contributed by atoms with Gasteiger partial charge in [0.1, 0.15) is 17.7 Å². The largest absolute Gasteiger partial charge is 0.468 e. The molecule has 4 unspecified atom stereocenters. The van der Waals surface area contributed by atoms with Crippen molar-refractivity contribution in [2.75, 3.05) is 26.3 Å². The Bertz CT molecular complexity index is 927. The van der Waals surface area contributed by atoms with E-state index < -0.39 is 0 Å². The summed E-state index contributed by atoms with van der Waals surface area (Å²) in [6, 6.07) is 0.573. The van der Waals surface area contributed by atoms with Gasteiger partial charge in [-0.1, -0.05) is 131 Å². The van der Waals surface area contributed by atoms with Gasteiger partial charge in [0.2, 0.25) is 0 Å². The van der Waals surface area contributed by atoms with E-state index in [0.29, 0.717) is 61.9 Å². The number of nitrogens with zero attached hydrogens (tertiary/aromatic N) is 1. The Morgan fingerprint density at radius 1 is 0.690 bits per heavy atom. The van der Waals surface area contributed by atoms with Gasteiger partial charge in [-0.3, -0.25) is 14.4 Å². The second-order valence-electron chi connectivity index (χ2n) is 17.4. The lowest BCUT2D eigenvalue weighted by Crippen LogP contribution is -2.28. The fraction of sp³-hybridized carbons (Fsp3) is 0.920. The molecule has 0 aromatic carbocycles. The van der Waals surface area contributed by atoms with E-state index in [9.17, 15) is 19.2 Å². The van der Waals surface area contributed by atoms with Crippen LogP contribution in [0, 0.1) is 17.8 Å². The van der Waals surface area contributed by atoms with Crippen LogP contribution in [0.25, 0.3) is 0 Å². The number of Topliss-reactive ketones (excluding diaryl/α,β-unsaturated/α-hetero) is 2. The normalized spacial score (nSPS) is 16.2.